The maximum absolute atomic E-state index is 12.4. The van der Waals surface area contributed by atoms with Gasteiger partial charge in [0.05, 0.1) is 5.92 Å². The van der Waals surface area contributed by atoms with Crippen LogP contribution in [0.3, 0.4) is 0 Å². The summed E-state index contributed by atoms with van der Waals surface area (Å²) in [6, 6.07) is 1.74. The number of rotatable bonds is 3. The van der Waals surface area contributed by atoms with E-state index in [0.29, 0.717) is 36.5 Å². The largest absolute Gasteiger partial charge is 0.341 e. The Hall–Kier alpha value is -2.31. The van der Waals surface area contributed by atoms with E-state index in [0.717, 1.165) is 12.8 Å². The smallest absolute Gasteiger partial charge is 0.240 e. The molecule has 1 aliphatic heterocycles. The second kappa shape index (κ2) is 6.06. The Morgan fingerprint density at radius 1 is 1.09 bits per heavy atom. The zero-order valence-corrected chi connectivity index (χ0v) is 12.9. The molecule has 4 rings (SSSR count). The zero-order valence-electron chi connectivity index (χ0n) is 12.9. The number of carbonyl (C=O) groups excluding carboxylic acids is 1. The number of hydrogen-bond acceptors (Lipinski definition) is 6. The normalized spacial score (nSPS) is 19.6. The van der Waals surface area contributed by atoms with Crippen LogP contribution in [0.15, 0.2) is 23.0 Å². The van der Waals surface area contributed by atoms with Crippen LogP contribution in [-0.2, 0) is 4.79 Å². The van der Waals surface area contributed by atoms with Crippen LogP contribution < -0.4 is 0 Å². The molecule has 23 heavy (non-hydrogen) atoms. The van der Waals surface area contributed by atoms with Gasteiger partial charge in [-0.3, -0.25) is 4.79 Å². The third-order valence-corrected chi connectivity index (χ3v) is 4.70. The maximum Gasteiger partial charge on any atom is 0.240 e. The van der Waals surface area contributed by atoms with Gasteiger partial charge in [-0.1, -0.05) is 24.4 Å². The summed E-state index contributed by atoms with van der Waals surface area (Å²) < 4.78 is 5.32. The van der Waals surface area contributed by atoms with Crippen molar-refractivity contribution in [2.75, 3.05) is 13.1 Å². The van der Waals surface area contributed by atoms with E-state index in [1.165, 1.54) is 19.3 Å². The Labute approximate surface area is 134 Å². The molecular weight excluding hydrogens is 294 g/mol. The van der Waals surface area contributed by atoms with E-state index in [2.05, 4.69) is 20.1 Å². The fourth-order valence-corrected chi connectivity index (χ4v) is 3.33. The lowest BCUT2D eigenvalue weighted by atomic mass is 9.86. The van der Waals surface area contributed by atoms with Crippen molar-refractivity contribution in [2.24, 2.45) is 5.92 Å². The summed E-state index contributed by atoms with van der Waals surface area (Å²) in [5.74, 6) is 2.08. The second-order valence-corrected chi connectivity index (χ2v) is 6.30. The van der Waals surface area contributed by atoms with Crippen molar-refractivity contribution < 1.29 is 9.32 Å². The Bertz CT molecular complexity index is 675. The van der Waals surface area contributed by atoms with Gasteiger partial charge < -0.3 is 9.42 Å². The van der Waals surface area contributed by atoms with E-state index in [4.69, 9.17) is 4.52 Å². The number of carbonyl (C=O) groups is 1. The highest BCUT2D eigenvalue weighted by Crippen LogP contribution is 2.32. The van der Waals surface area contributed by atoms with Gasteiger partial charge in [-0.15, -0.1) is 0 Å². The van der Waals surface area contributed by atoms with E-state index in [1.807, 2.05) is 4.90 Å². The van der Waals surface area contributed by atoms with E-state index in [9.17, 15) is 4.79 Å². The minimum atomic E-state index is 0.132. The molecule has 7 nitrogen and oxygen atoms in total. The highest BCUT2D eigenvalue weighted by Gasteiger charge is 2.38. The number of hydrogen-bond donors (Lipinski definition) is 0. The van der Waals surface area contributed by atoms with Crippen LogP contribution >= 0.6 is 0 Å². The van der Waals surface area contributed by atoms with E-state index < -0.39 is 0 Å². The molecule has 0 unspecified atom stereocenters. The molecular formula is C16H19N5O2. The molecule has 2 aromatic rings. The lowest BCUT2D eigenvalue weighted by Gasteiger charge is -2.39. The first-order valence-electron chi connectivity index (χ1n) is 8.21. The standard InChI is InChI=1S/C16H19N5O2/c22-16(11-5-2-1-3-6-11)21-9-12(10-21)15-19-14(20-23-15)13-17-7-4-8-18-13/h4,7-8,11-12H,1-3,5-6,9-10H2. The van der Waals surface area contributed by atoms with Gasteiger partial charge in [0.15, 0.2) is 0 Å². The SMILES string of the molecule is O=C(C1CCCCC1)N1CC(c2nc(-c3ncccn3)no2)C1. The average Bonchev–Trinajstić information content (AvgIpc) is 3.05. The molecule has 120 valence electrons. The quantitative estimate of drug-likeness (QED) is 0.862. The monoisotopic (exact) mass is 313 g/mol. The van der Waals surface area contributed by atoms with Crippen LogP contribution in [0, 0.1) is 5.92 Å². The molecule has 0 atom stereocenters. The summed E-state index contributed by atoms with van der Waals surface area (Å²) in [5, 5.41) is 3.93. The lowest BCUT2D eigenvalue weighted by molar-refractivity contribution is -0.141. The van der Waals surface area contributed by atoms with Gasteiger partial charge in [-0.2, -0.15) is 4.98 Å². The van der Waals surface area contributed by atoms with Crippen LogP contribution in [0.1, 0.15) is 43.9 Å². The molecule has 0 N–H and O–H groups in total. The molecule has 0 bridgehead atoms. The molecule has 2 aliphatic rings. The van der Waals surface area contributed by atoms with Crippen LogP contribution in [-0.4, -0.2) is 44.0 Å². The Kier molecular flexibility index (Phi) is 3.77. The molecule has 0 radical (unpaired) electrons. The van der Waals surface area contributed by atoms with Crippen LogP contribution in [0.5, 0.6) is 0 Å². The maximum atomic E-state index is 12.4. The van der Waals surface area contributed by atoms with Crippen molar-refractivity contribution in [1.29, 1.82) is 0 Å². The molecule has 0 spiro atoms. The lowest BCUT2D eigenvalue weighted by Crippen LogP contribution is -2.51. The van der Waals surface area contributed by atoms with Crippen molar-refractivity contribution in [1.82, 2.24) is 25.0 Å². The molecule has 1 saturated heterocycles. The Morgan fingerprint density at radius 2 is 1.83 bits per heavy atom. The van der Waals surface area contributed by atoms with Gasteiger partial charge in [-0.25, -0.2) is 9.97 Å². The Morgan fingerprint density at radius 3 is 2.57 bits per heavy atom. The molecule has 1 amide bonds. The average molecular weight is 313 g/mol. The van der Waals surface area contributed by atoms with Crippen molar-refractivity contribution in [3.8, 4) is 11.6 Å². The van der Waals surface area contributed by atoms with Gasteiger partial charge >= 0.3 is 0 Å². The first-order valence-corrected chi connectivity index (χ1v) is 8.21. The third kappa shape index (κ3) is 2.83. The number of likely N-dealkylation sites (tertiary alicyclic amines) is 1. The summed E-state index contributed by atoms with van der Waals surface area (Å²) in [5.41, 5.74) is 0. The van der Waals surface area contributed by atoms with Gasteiger partial charge in [-0.05, 0) is 18.9 Å². The summed E-state index contributed by atoms with van der Waals surface area (Å²) in [6.45, 7) is 1.35. The van der Waals surface area contributed by atoms with Gasteiger partial charge in [0, 0.05) is 31.4 Å². The highest BCUT2D eigenvalue weighted by molar-refractivity contribution is 5.79. The summed E-state index contributed by atoms with van der Waals surface area (Å²) >= 11 is 0. The first-order chi connectivity index (χ1) is 11.3. The number of nitrogens with zero attached hydrogens (tertiary/aromatic N) is 5. The summed E-state index contributed by atoms with van der Waals surface area (Å²) in [6.07, 6.45) is 8.99. The predicted octanol–water partition coefficient (Wildman–Crippen LogP) is 2.03. The van der Waals surface area contributed by atoms with Crippen LogP contribution in [0.2, 0.25) is 0 Å². The van der Waals surface area contributed by atoms with Gasteiger partial charge in [0.2, 0.25) is 23.4 Å². The van der Waals surface area contributed by atoms with E-state index >= 15 is 0 Å². The molecule has 0 aromatic carbocycles. The fourth-order valence-electron chi connectivity index (χ4n) is 3.33. The summed E-state index contributed by atoms with van der Waals surface area (Å²) in [7, 11) is 0. The van der Waals surface area contributed by atoms with Crippen LogP contribution in [0.4, 0.5) is 0 Å². The van der Waals surface area contributed by atoms with Crippen molar-refractivity contribution >= 4 is 5.91 Å². The van der Waals surface area contributed by atoms with Crippen LogP contribution in [0.25, 0.3) is 11.6 Å². The molecule has 2 aromatic heterocycles. The van der Waals surface area contributed by atoms with E-state index in [-0.39, 0.29) is 11.8 Å². The highest BCUT2D eigenvalue weighted by atomic mass is 16.5. The van der Waals surface area contributed by atoms with Gasteiger partial charge in [0.25, 0.3) is 0 Å². The topological polar surface area (TPSA) is 85.0 Å². The number of aromatic nitrogens is 4. The van der Waals surface area contributed by atoms with Crippen molar-refractivity contribution in [3.05, 3.63) is 24.4 Å². The predicted molar refractivity (Wildman–Crippen MR) is 81.2 cm³/mol. The first kappa shape index (κ1) is 14.3. The fraction of sp³-hybridized carbons (Fsp3) is 0.562. The molecule has 3 heterocycles. The van der Waals surface area contributed by atoms with Crippen molar-refractivity contribution in [2.45, 2.75) is 38.0 Å². The molecule has 1 aliphatic carbocycles. The van der Waals surface area contributed by atoms with E-state index in [1.54, 1.807) is 18.5 Å². The third-order valence-electron chi connectivity index (χ3n) is 4.70. The number of amides is 1. The zero-order chi connectivity index (χ0) is 15.6. The van der Waals surface area contributed by atoms with Crippen molar-refractivity contribution in [3.63, 3.8) is 0 Å². The summed E-state index contributed by atoms with van der Waals surface area (Å²) in [4.78, 5) is 26.9. The minimum Gasteiger partial charge on any atom is -0.341 e. The Balaban J connectivity index is 1.37. The molecule has 1 saturated carbocycles. The van der Waals surface area contributed by atoms with Gasteiger partial charge in [0.1, 0.15) is 0 Å². The second-order valence-electron chi connectivity index (χ2n) is 6.30. The minimum absolute atomic E-state index is 0.132. The molecule has 7 heteroatoms. The molecule has 2 fully saturated rings.